The van der Waals surface area contributed by atoms with Crippen LogP contribution in [-0.2, 0) is 19.5 Å². The Morgan fingerprint density at radius 3 is 1.50 bits per heavy atom. The fourth-order valence-corrected chi connectivity index (χ4v) is 0.342. The van der Waals surface area contributed by atoms with Gasteiger partial charge in [-0.2, -0.15) is 36.4 Å². The van der Waals surface area contributed by atoms with E-state index in [0.29, 0.717) is 0 Å². The summed E-state index contributed by atoms with van der Waals surface area (Å²) in [6.07, 6.45) is 0. The molecule has 0 amide bonds. The van der Waals surface area contributed by atoms with E-state index >= 15 is 0 Å². The van der Waals surface area contributed by atoms with Crippen molar-refractivity contribution >= 4 is 12.4 Å². The summed E-state index contributed by atoms with van der Waals surface area (Å²) in [5.74, 6) is 0. The molecule has 0 aliphatic heterocycles. The maximum atomic E-state index is 2.89. The zero-order valence-electron chi connectivity index (χ0n) is 4.50. The molecule has 1 aromatic rings. The minimum Gasteiger partial charge on any atom is -0.184 e. The summed E-state index contributed by atoms with van der Waals surface area (Å²) in [5, 5.41) is 0. The first kappa shape index (κ1) is 11.0. The molecule has 0 aliphatic rings. The molecule has 0 radical (unpaired) electrons. The van der Waals surface area contributed by atoms with Crippen molar-refractivity contribution in [1.29, 1.82) is 0 Å². The molecular formula is C6H6ClZn-. The molecule has 0 fully saturated rings. The van der Waals surface area contributed by atoms with Gasteiger partial charge in [-0.15, -0.1) is 12.4 Å². The predicted octanol–water partition coefficient (Wildman–Crippen LogP) is 1.91. The summed E-state index contributed by atoms with van der Waals surface area (Å²) >= 11 is 0. The number of rotatable bonds is 0. The van der Waals surface area contributed by atoms with Crippen LogP contribution in [0.1, 0.15) is 0 Å². The Labute approximate surface area is 68.5 Å². The third kappa shape index (κ3) is 4.30. The standard InChI is InChI=1S/C6H5.ClH.Zn/c1-2-4-6-5-3-1;;/h1-5H;1H;/q-1;;. The van der Waals surface area contributed by atoms with Crippen LogP contribution in [0, 0.1) is 6.07 Å². The molecule has 40 valence electrons. The van der Waals surface area contributed by atoms with Crippen molar-refractivity contribution in [2.24, 2.45) is 0 Å². The second-order valence-electron chi connectivity index (χ2n) is 1.08. The molecule has 0 saturated carbocycles. The molecule has 0 unspecified atom stereocenters. The third-order valence-corrected chi connectivity index (χ3v) is 0.607. The van der Waals surface area contributed by atoms with Crippen LogP contribution in [0.25, 0.3) is 0 Å². The van der Waals surface area contributed by atoms with Crippen LogP contribution in [0.15, 0.2) is 30.3 Å². The Balaban J connectivity index is 0. The average molecular weight is 179 g/mol. The normalized spacial score (nSPS) is 6.00. The summed E-state index contributed by atoms with van der Waals surface area (Å²) in [5.41, 5.74) is 0. The molecule has 2 heteroatoms. The van der Waals surface area contributed by atoms with Gasteiger partial charge in [-0.3, -0.25) is 0 Å². The molecule has 0 aliphatic carbocycles. The second-order valence-corrected chi connectivity index (χ2v) is 1.08. The third-order valence-electron chi connectivity index (χ3n) is 0.607. The van der Waals surface area contributed by atoms with Crippen LogP contribution in [0.2, 0.25) is 0 Å². The Morgan fingerprint density at radius 1 is 0.875 bits per heavy atom. The number of hydrogen-bond acceptors (Lipinski definition) is 0. The van der Waals surface area contributed by atoms with Crippen LogP contribution in [0.5, 0.6) is 0 Å². The zero-order chi connectivity index (χ0) is 4.24. The molecule has 0 bridgehead atoms. The van der Waals surface area contributed by atoms with Gasteiger partial charge in [0.2, 0.25) is 0 Å². The maximum absolute atomic E-state index is 2.89. The van der Waals surface area contributed by atoms with E-state index in [0.717, 1.165) is 0 Å². The summed E-state index contributed by atoms with van der Waals surface area (Å²) in [6.45, 7) is 0. The van der Waals surface area contributed by atoms with Gasteiger partial charge in [0.05, 0.1) is 0 Å². The van der Waals surface area contributed by atoms with E-state index in [-0.39, 0.29) is 31.9 Å². The van der Waals surface area contributed by atoms with Crippen molar-refractivity contribution in [3.63, 3.8) is 0 Å². The molecule has 0 atom stereocenters. The molecule has 0 nitrogen and oxygen atoms in total. The average Bonchev–Trinajstić information content (AvgIpc) is 1.72. The van der Waals surface area contributed by atoms with Gasteiger partial charge >= 0.3 is 0 Å². The fourth-order valence-electron chi connectivity index (χ4n) is 0.342. The van der Waals surface area contributed by atoms with Gasteiger partial charge in [-0.25, -0.2) is 0 Å². The van der Waals surface area contributed by atoms with Gasteiger partial charge in [0, 0.05) is 19.5 Å². The van der Waals surface area contributed by atoms with Crippen molar-refractivity contribution in [1.82, 2.24) is 0 Å². The number of hydrogen-bond donors (Lipinski definition) is 0. The van der Waals surface area contributed by atoms with Crippen LogP contribution < -0.4 is 0 Å². The van der Waals surface area contributed by atoms with E-state index in [1.54, 1.807) is 0 Å². The monoisotopic (exact) mass is 177 g/mol. The Bertz CT molecular complexity index is 80.5. The Hall–Kier alpha value is 0.133. The van der Waals surface area contributed by atoms with Crippen LogP contribution in [0.3, 0.4) is 0 Å². The van der Waals surface area contributed by atoms with Gasteiger partial charge in [-0.05, 0) is 0 Å². The quantitative estimate of drug-likeness (QED) is 0.421. The summed E-state index contributed by atoms with van der Waals surface area (Å²) < 4.78 is 0. The molecule has 1 aromatic carbocycles. The minimum absolute atomic E-state index is 0. The maximum Gasteiger partial charge on any atom is 0 e. The van der Waals surface area contributed by atoms with Crippen molar-refractivity contribution in [3.8, 4) is 0 Å². The summed E-state index contributed by atoms with van der Waals surface area (Å²) in [6, 6.07) is 12.5. The van der Waals surface area contributed by atoms with Gasteiger partial charge < -0.3 is 0 Å². The second kappa shape index (κ2) is 7.13. The van der Waals surface area contributed by atoms with Gasteiger partial charge in [0.15, 0.2) is 0 Å². The molecule has 0 heterocycles. The molecule has 0 saturated heterocycles. The van der Waals surface area contributed by atoms with E-state index in [9.17, 15) is 0 Å². The fraction of sp³-hybridized carbons (Fsp3) is 0. The zero-order valence-corrected chi connectivity index (χ0v) is 8.29. The van der Waals surface area contributed by atoms with Crippen molar-refractivity contribution in [3.05, 3.63) is 36.4 Å². The number of benzene rings is 1. The van der Waals surface area contributed by atoms with Crippen LogP contribution in [-0.4, -0.2) is 0 Å². The first-order chi connectivity index (χ1) is 3.00. The van der Waals surface area contributed by atoms with E-state index in [1.165, 1.54) is 0 Å². The van der Waals surface area contributed by atoms with E-state index in [1.807, 2.05) is 30.3 Å². The van der Waals surface area contributed by atoms with Crippen LogP contribution in [0.4, 0.5) is 0 Å². The SMILES string of the molecule is Cl.[Zn].[c-]1ccccc1. The smallest absolute Gasteiger partial charge is 0 e. The first-order valence-electron chi connectivity index (χ1n) is 1.91. The van der Waals surface area contributed by atoms with Gasteiger partial charge in [0.25, 0.3) is 0 Å². The first-order valence-corrected chi connectivity index (χ1v) is 1.91. The van der Waals surface area contributed by atoms with Crippen molar-refractivity contribution in [2.45, 2.75) is 0 Å². The molecule has 0 aromatic heterocycles. The largest absolute Gasteiger partial charge is 0.184 e. The van der Waals surface area contributed by atoms with E-state index < -0.39 is 0 Å². The van der Waals surface area contributed by atoms with Crippen molar-refractivity contribution < 1.29 is 19.5 Å². The minimum atomic E-state index is 0. The molecule has 0 spiro atoms. The summed E-state index contributed by atoms with van der Waals surface area (Å²) in [7, 11) is 0. The molecule has 8 heavy (non-hydrogen) atoms. The van der Waals surface area contributed by atoms with Gasteiger partial charge in [-0.1, -0.05) is 0 Å². The summed E-state index contributed by atoms with van der Waals surface area (Å²) in [4.78, 5) is 0. The van der Waals surface area contributed by atoms with Crippen molar-refractivity contribution in [2.75, 3.05) is 0 Å². The topological polar surface area (TPSA) is 0 Å². The van der Waals surface area contributed by atoms with E-state index in [2.05, 4.69) is 6.07 Å². The molecule has 1 rings (SSSR count). The molecule has 0 N–H and O–H groups in total. The predicted molar refractivity (Wildman–Crippen MR) is 32.5 cm³/mol. The van der Waals surface area contributed by atoms with Crippen LogP contribution >= 0.6 is 12.4 Å². The Kier molecular flexibility index (Phi) is 9.81. The van der Waals surface area contributed by atoms with E-state index in [4.69, 9.17) is 0 Å². The molecular weight excluding hydrogens is 173 g/mol. The Morgan fingerprint density at radius 2 is 1.38 bits per heavy atom. The number of halogens is 1. The van der Waals surface area contributed by atoms with Gasteiger partial charge in [0.1, 0.15) is 0 Å².